The van der Waals surface area contributed by atoms with Crippen molar-refractivity contribution < 1.29 is 13.2 Å². The van der Waals surface area contributed by atoms with Gasteiger partial charge in [0.2, 0.25) is 0 Å². The maximum Gasteiger partial charge on any atom is 0.416 e. The van der Waals surface area contributed by atoms with Gasteiger partial charge in [0.1, 0.15) is 0 Å². The lowest BCUT2D eigenvalue weighted by molar-refractivity contribution is -0.137. The van der Waals surface area contributed by atoms with Crippen molar-refractivity contribution in [3.05, 3.63) is 70.5 Å². The summed E-state index contributed by atoms with van der Waals surface area (Å²) in [6.07, 6.45) is -4.42. The van der Waals surface area contributed by atoms with Gasteiger partial charge < -0.3 is 0 Å². The number of hydrogen-bond acceptors (Lipinski definition) is 2. The number of hydrogen-bond donors (Lipinski definition) is 0. The zero-order valence-corrected chi connectivity index (χ0v) is 14.3. The van der Waals surface area contributed by atoms with Gasteiger partial charge in [0.05, 0.1) is 22.6 Å². The van der Waals surface area contributed by atoms with Crippen LogP contribution < -0.4 is 0 Å². The molecule has 0 amide bonds. The normalized spacial score (nSPS) is 11.6. The summed E-state index contributed by atoms with van der Waals surface area (Å²) in [6, 6.07) is 12.6. The predicted molar refractivity (Wildman–Crippen MR) is 92.4 cm³/mol. The third-order valence-corrected chi connectivity index (χ3v) is 4.16. The van der Waals surface area contributed by atoms with Gasteiger partial charge in [-0.15, -0.1) is 0 Å². The van der Waals surface area contributed by atoms with Gasteiger partial charge in [0.25, 0.3) is 0 Å². The number of benzene rings is 2. The van der Waals surface area contributed by atoms with E-state index in [2.05, 4.69) is 9.97 Å². The third kappa shape index (κ3) is 3.66. The van der Waals surface area contributed by atoms with Gasteiger partial charge in [-0.2, -0.15) is 13.2 Å². The molecular weight excluding hydrogens is 349 g/mol. The molecule has 0 unspecified atom stereocenters. The van der Waals surface area contributed by atoms with Crippen molar-refractivity contribution in [2.75, 3.05) is 0 Å². The summed E-state index contributed by atoms with van der Waals surface area (Å²) >= 11 is 6.10. The quantitative estimate of drug-likeness (QED) is 0.550. The Bertz CT molecular complexity index is 919. The van der Waals surface area contributed by atoms with E-state index in [0.29, 0.717) is 22.6 Å². The van der Waals surface area contributed by atoms with E-state index in [0.717, 1.165) is 23.3 Å². The number of halogens is 4. The average molecular weight is 363 g/mol. The molecule has 3 rings (SSSR count). The molecule has 3 aromatic rings. The number of aromatic nitrogens is 2. The highest BCUT2D eigenvalue weighted by molar-refractivity contribution is 6.30. The Morgan fingerprint density at radius 3 is 2.12 bits per heavy atom. The van der Waals surface area contributed by atoms with Crippen LogP contribution in [0.4, 0.5) is 13.2 Å². The molecule has 0 spiro atoms. The van der Waals surface area contributed by atoms with E-state index >= 15 is 0 Å². The SMILES string of the molecule is Cc1ccc(-c2nc(Cl)c(C)nc2-c2cccc(C(F)(F)F)c2)cc1. The van der Waals surface area contributed by atoms with Gasteiger partial charge in [-0.3, -0.25) is 0 Å². The second kappa shape index (κ2) is 6.48. The summed E-state index contributed by atoms with van der Waals surface area (Å²) in [4.78, 5) is 8.77. The highest BCUT2D eigenvalue weighted by Gasteiger charge is 2.30. The summed E-state index contributed by atoms with van der Waals surface area (Å²) in [5, 5.41) is 0.228. The molecule has 0 aliphatic heterocycles. The van der Waals surface area contributed by atoms with Crippen molar-refractivity contribution in [2.45, 2.75) is 20.0 Å². The molecule has 0 aliphatic rings. The van der Waals surface area contributed by atoms with Crippen molar-refractivity contribution >= 4 is 11.6 Å². The van der Waals surface area contributed by atoms with Crippen LogP contribution in [0.1, 0.15) is 16.8 Å². The second-order valence-electron chi connectivity index (χ2n) is 5.74. The van der Waals surface area contributed by atoms with Gasteiger partial charge in [-0.05, 0) is 26.0 Å². The molecule has 0 radical (unpaired) electrons. The molecule has 2 aromatic carbocycles. The molecule has 0 fully saturated rings. The van der Waals surface area contributed by atoms with E-state index in [1.54, 1.807) is 13.0 Å². The van der Waals surface area contributed by atoms with E-state index in [1.165, 1.54) is 6.07 Å². The van der Waals surface area contributed by atoms with Crippen LogP contribution in [0, 0.1) is 13.8 Å². The van der Waals surface area contributed by atoms with Crippen LogP contribution in [0.2, 0.25) is 5.15 Å². The minimum absolute atomic E-state index is 0.228. The summed E-state index contributed by atoms with van der Waals surface area (Å²) in [6.45, 7) is 3.62. The highest BCUT2D eigenvalue weighted by atomic mass is 35.5. The minimum atomic E-state index is -4.42. The van der Waals surface area contributed by atoms with Crippen LogP contribution in [0.3, 0.4) is 0 Å². The Hall–Kier alpha value is -2.40. The number of alkyl halides is 3. The topological polar surface area (TPSA) is 25.8 Å². The van der Waals surface area contributed by atoms with E-state index in [4.69, 9.17) is 11.6 Å². The predicted octanol–water partition coefficient (Wildman–Crippen LogP) is 6.10. The van der Waals surface area contributed by atoms with E-state index in [-0.39, 0.29) is 5.15 Å². The molecule has 0 N–H and O–H groups in total. The molecule has 128 valence electrons. The Morgan fingerprint density at radius 2 is 1.48 bits per heavy atom. The van der Waals surface area contributed by atoms with Crippen LogP contribution >= 0.6 is 11.6 Å². The molecule has 2 nitrogen and oxygen atoms in total. The Labute approximate surface area is 148 Å². The first-order chi connectivity index (χ1) is 11.8. The number of nitrogens with zero attached hydrogens (tertiary/aromatic N) is 2. The Morgan fingerprint density at radius 1 is 0.840 bits per heavy atom. The first-order valence-electron chi connectivity index (χ1n) is 7.54. The lowest BCUT2D eigenvalue weighted by atomic mass is 10.0. The largest absolute Gasteiger partial charge is 0.416 e. The molecule has 1 aromatic heterocycles. The van der Waals surface area contributed by atoms with E-state index in [9.17, 15) is 13.2 Å². The maximum absolute atomic E-state index is 13.0. The number of rotatable bonds is 2. The molecule has 0 atom stereocenters. The molecule has 0 bridgehead atoms. The van der Waals surface area contributed by atoms with Crippen LogP contribution in [-0.4, -0.2) is 9.97 Å². The Kier molecular flexibility index (Phi) is 4.52. The third-order valence-electron chi connectivity index (χ3n) is 3.80. The Balaban J connectivity index is 2.22. The molecule has 1 heterocycles. The monoisotopic (exact) mass is 362 g/mol. The second-order valence-corrected chi connectivity index (χ2v) is 6.10. The lowest BCUT2D eigenvalue weighted by Crippen LogP contribution is -2.05. The average Bonchev–Trinajstić information content (AvgIpc) is 2.57. The van der Waals surface area contributed by atoms with Gasteiger partial charge >= 0.3 is 6.18 Å². The zero-order valence-electron chi connectivity index (χ0n) is 13.5. The van der Waals surface area contributed by atoms with Crippen LogP contribution in [0.5, 0.6) is 0 Å². The molecule has 0 aliphatic carbocycles. The zero-order chi connectivity index (χ0) is 18.2. The molecular formula is C19H14ClF3N2. The van der Waals surface area contributed by atoms with Crippen LogP contribution in [0.15, 0.2) is 48.5 Å². The van der Waals surface area contributed by atoms with Gasteiger partial charge in [-0.1, -0.05) is 53.6 Å². The van der Waals surface area contributed by atoms with Crippen molar-refractivity contribution in [3.63, 3.8) is 0 Å². The molecule has 0 saturated carbocycles. The molecule has 6 heteroatoms. The van der Waals surface area contributed by atoms with Gasteiger partial charge in [0.15, 0.2) is 5.15 Å². The fourth-order valence-electron chi connectivity index (χ4n) is 2.46. The van der Waals surface area contributed by atoms with E-state index in [1.807, 2.05) is 31.2 Å². The van der Waals surface area contributed by atoms with Crippen LogP contribution in [0.25, 0.3) is 22.5 Å². The van der Waals surface area contributed by atoms with Gasteiger partial charge in [-0.25, -0.2) is 9.97 Å². The summed E-state index contributed by atoms with van der Waals surface area (Å²) < 4.78 is 39.1. The van der Waals surface area contributed by atoms with Crippen LogP contribution in [-0.2, 0) is 6.18 Å². The summed E-state index contributed by atoms with van der Waals surface area (Å²) in [5.74, 6) is 0. The minimum Gasteiger partial charge on any atom is -0.248 e. The first kappa shape index (κ1) is 17.4. The molecule has 25 heavy (non-hydrogen) atoms. The van der Waals surface area contributed by atoms with Crippen molar-refractivity contribution in [3.8, 4) is 22.5 Å². The van der Waals surface area contributed by atoms with Gasteiger partial charge in [0, 0.05) is 11.1 Å². The lowest BCUT2D eigenvalue weighted by Gasteiger charge is -2.13. The first-order valence-corrected chi connectivity index (χ1v) is 7.92. The smallest absolute Gasteiger partial charge is 0.248 e. The van der Waals surface area contributed by atoms with E-state index < -0.39 is 11.7 Å². The summed E-state index contributed by atoms with van der Waals surface area (Å²) in [5.41, 5.74) is 2.71. The highest BCUT2D eigenvalue weighted by Crippen LogP contribution is 2.35. The van der Waals surface area contributed by atoms with Crippen molar-refractivity contribution in [1.29, 1.82) is 0 Å². The molecule has 0 saturated heterocycles. The van der Waals surface area contributed by atoms with Crippen molar-refractivity contribution in [1.82, 2.24) is 9.97 Å². The van der Waals surface area contributed by atoms with Crippen molar-refractivity contribution in [2.24, 2.45) is 0 Å². The maximum atomic E-state index is 13.0. The standard InChI is InChI=1S/C19H14ClF3N2/c1-11-6-8-13(9-7-11)16-17(24-12(2)18(20)25-16)14-4-3-5-15(10-14)19(21,22)23/h3-10H,1-2H3. The summed E-state index contributed by atoms with van der Waals surface area (Å²) in [7, 11) is 0. The number of aryl methyl sites for hydroxylation is 2. The fourth-order valence-corrected chi connectivity index (χ4v) is 2.58. The fraction of sp³-hybridized carbons (Fsp3) is 0.158.